The van der Waals surface area contributed by atoms with Gasteiger partial charge >= 0.3 is 0 Å². The number of likely N-dealkylation sites (N-methyl/N-ethyl adjacent to an activating group) is 1. The van der Waals surface area contributed by atoms with Gasteiger partial charge in [-0.25, -0.2) is 4.39 Å². The molecule has 1 heterocycles. The molecule has 2 aromatic carbocycles. The molecule has 0 radical (unpaired) electrons. The van der Waals surface area contributed by atoms with Crippen LogP contribution in [0.3, 0.4) is 0 Å². The summed E-state index contributed by atoms with van der Waals surface area (Å²) in [6.45, 7) is 6.85. The highest BCUT2D eigenvalue weighted by molar-refractivity contribution is 5.85. The molecule has 0 spiro atoms. The Morgan fingerprint density at radius 3 is 2.69 bits per heavy atom. The zero-order chi connectivity index (χ0) is 17.5. The minimum atomic E-state index is -0.221. The Balaban J connectivity index is 0.00000243. The summed E-state index contributed by atoms with van der Waals surface area (Å²) in [6.07, 6.45) is 2.58. The molecule has 3 rings (SSSR count). The summed E-state index contributed by atoms with van der Waals surface area (Å²) in [5.74, 6) is 0.666. The first-order chi connectivity index (χ1) is 12.3. The number of ether oxygens (including phenoxy) is 1. The van der Waals surface area contributed by atoms with Crippen LogP contribution in [0.4, 0.5) is 4.39 Å². The van der Waals surface area contributed by atoms with Crippen molar-refractivity contribution >= 4 is 12.4 Å². The topological polar surface area (TPSA) is 24.5 Å². The average Bonchev–Trinajstić information content (AvgIpc) is 3.10. The first-order valence-corrected chi connectivity index (χ1v) is 9.16. The summed E-state index contributed by atoms with van der Waals surface area (Å²) in [4.78, 5) is 2.55. The fraction of sp³-hybridized carbons (Fsp3) is 0.429. The lowest BCUT2D eigenvalue weighted by Gasteiger charge is -2.23. The molecule has 26 heavy (non-hydrogen) atoms. The van der Waals surface area contributed by atoms with Gasteiger partial charge in [-0.1, -0.05) is 37.3 Å². The maximum atomic E-state index is 13.0. The largest absolute Gasteiger partial charge is 0.489 e. The van der Waals surface area contributed by atoms with E-state index in [1.54, 1.807) is 12.1 Å². The van der Waals surface area contributed by atoms with Gasteiger partial charge in [0.2, 0.25) is 0 Å². The summed E-state index contributed by atoms with van der Waals surface area (Å²) in [7, 11) is 0. The molecule has 0 bridgehead atoms. The third-order valence-corrected chi connectivity index (χ3v) is 4.88. The number of nitrogens with zero attached hydrogens (tertiary/aromatic N) is 1. The maximum absolute atomic E-state index is 13.0. The summed E-state index contributed by atoms with van der Waals surface area (Å²) in [5.41, 5.74) is 2.12. The van der Waals surface area contributed by atoms with Crippen molar-refractivity contribution < 1.29 is 9.13 Å². The SMILES string of the molecule is CCN1CCCC1CNCc1ccccc1OCc1ccc(F)cc1.Cl. The van der Waals surface area contributed by atoms with E-state index in [2.05, 4.69) is 23.2 Å². The number of nitrogens with one attached hydrogen (secondary N) is 1. The van der Waals surface area contributed by atoms with Crippen molar-refractivity contribution in [3.8, 4) is 5.75 Å². The number of benzene rings is 2. The third-order valence-electron chi connectivity index (χ3n) is 4.88. The molecule has 0 saturated carbocycles. The summed E-state index contributed by atoms with van der Waals surface area (Å²) < 4.78 is 18.9. The standard InChI is InChI=1S/C21H27FN2O.ClH/c1-2-24-13-5-7-20(24)15-23-14-18-6-3-4-8-21(18)25-16-17-9-11-19(22)12-10-17;/h3-4,6,8-12,20,23H,2,5,7,13-16H2,1H3;1H. The second-order valence-corrected chi connectivity index (χ2v) is 6.58. The molecule has 0 amide bonds. The Hall–Kier alpha value is -1.62. The fourth-order valence-electron chi connectivity index (χ4n) is 3.45. The van der Waals surface area contributed by atoms with Gasteiger partial charge in [0.25, 0.3) is 0 Å². The van der Waals surface area contributed by atoms with Crippen LogP contribution in [-0.4, -0.2) is 30.6 Å². The highest BCUT2D eigenvalue weighted by Crippen LogP contribution is 2.20. The van der Waals surface area contributed by atoms with E-state index in [0.717, 1.165) is 36.5 Å². The van der Waals surface area contributed by atoms with Gasteiger partial charge in [-0.15, -0.1) is 12.4 Å². The molecule has 1 unspecified atom stereocenters. The summed E-state index contributed by atoms with van der Waals surface area (Å²) >= 11 is 0. The molecule has 1 saturated heterocycles. The minimum Gasteiger partial charge on any atom is -0.489 e. The van der Waals surface area contributed by atoms with Crippen LogP contribution in [0.5, 0.6) is 5.75 Å². The summed E-state index contributed by atoms with van der Waals surface area (Å²) in [5, 5.41) is 3.58. The number of hydrogen-bond acceptors (Lipinski definition) is 3. The molecule has 1 N–H and O–H groups in total. The van der Waals surface area contributed by atoms with Crippen molar-refractivity contribution in [1.82, 2.24) is 10.2 Å². The Morgan fingerprint density at radius 2 is 1.92 bits per heavy atom. The first-order valence-electron chi connectivity index (χ1n) is 9.16. The molecular weight excluding hydrogens is 351 g/mol. The van der Waals surface area contributed by atoms with Crippen molar-refractivity contribution in [3.05, 3.63) is 65.5 Å². The van der Waals surface area contributed by atoms with E-state index in [4.69, 9.17) is 4.74 Å². The van der Waals surface area contributed by atoms with Crippen molar-refractivity contribution in [2.75, 3.05) is 19.6 Å². The third kappa shape index (κ3) is 5.70. The molecule has 3 nitrogen and oxygen atoms in total. The van der Waals surface area contributed by atoms with E-state index in [9.17, 15) is 4.39 Å². The zero-order valence-corrected chi connectivity index (χ0v) is 16.1. The van der Waals surface area contributed by atoms with Crippen molar-refractivity contribution in [3.63, 3.8) is 0 Å². The van der Waals surface area contributed by atoms with E-state index >= 15 is 0 Å². The van der Waals surface area contributed by atoms with Crippen molar-refractivity contribution in [2.45, 2.75) is 39.0 Å². The van der Waals surface area contributed by atoms with Gasteiger partial charge in [0.15, 0.2) is 0 Å². The summed E-state index contributed by atoms with van der Waals surface area (Å²) in [6, 6.07) is 15.2. The number of hydrogen-bond donors (Lipinski definition) is 1. The Morgan fingerprint density at radius 1 is 1.15 bits per heavy atom. The maximum Gasteiger partial charge on any atom is 0.124 e. The quantitative estimate of drug-likeness (QED) is 0.736. The second-order valence-electron chi connectivity index (χ2n) is 6.58. The Labute approximate surface area is 162 Å². The predicted molar refractivity (Wildman–Crippen MR) is 106 cm³/mol. The molecule has 1 aliphatic rings. The van der Waals surface area contributed by atoms with E-state index in [1.165, 1.54) is 31.5 Å². The van der Waals surface area contributed by atoms with Crippen LogP contribution in [0.1, 0.15) is 30.9 Å². The molecule has 1 fully saturated rings. The first kappa shape index (κ1) is 20.7. The number of halogens is 2. The van der Waals surface area contributed by atoms with Gasteiger partial charge < -0.3 is 10.1 Å². The Kier molecular flexibility index (Phi) is 8.36. The van der Waals surface area contributed by atoms with E-state index in [0.29, 0.717) is 12.6 Å². The predicted octanol–water partition coefficient (Wildman–Crippen LogP) is 4.40. The molecule has 2 aromatic rings. The Bertz CT molecular complexity index is 665. The fourth-order valence-corrected chi connectivity index (χ4v) is 3.45. The lowest BCUT2D eigenvalue weighted by Crippen LogP contribution is -2.37. The molecule has 142 valence electrons. The number of rotatable bonds is 8. The normalized spacial score (nSPS) is 17.1. The molecular formula is C21H28ClFN2O. The highest BCUT2D eigenvalue weighted by Gasteiger charge is 2.22. The highest BCUT2D eigenvalue weighted by atomic mass is 35.5. The monoisotopic (exact) mass is 378 g/mol. The average molecular weight is 379 g/mol. The van der Waals surface area contributed by atoms with E-state index < -0.39 is 0 Å². The van der Waals surface area contributed by atoms with Gasteiger partial charge in [-0.3, -0.25) is 4.90 Å². The van der Waals surface area contributed by atoms with Gasteiger partial charge in [-0.05, 0) is 49.7 Å². The van der Waals surface area contributed by atoms with Gasteiger partial charge in [-0.2, -0.15) is 0 Å². The molecule has 5 heteroatoms. The van der Waals surface area contributed by atoms with Gasteiger partial charge in [0.05, 0.1) is 0 Å². The van der Waals surface area contributed by atoms with Crippen LogP contribution in [-0.2, 0) is 13.2 Å². The smallest absolute Gasteiger partial charge is 0.124 e. The number of likely N-dealkylation sites (tertiary alicyclic amines) is 1. The van der Waals surface area contributed by atoms with Gasteiger partial charge in [0, 0.05) is 24.7 Å². The van der Waals surface area contributed by atoms with Crippen LogP contribution >= 0.6 is 12.4 Å². The van der Waals surface area contributed by atoms with Crippen molar-refractivity contribution in [2.24, 2.45) is 0 Å². The van der Waals surface area contributed by atoms with E-state index in [-0.39, 0.29) is 18.2 Å². The number of para-hydroxylation sites is 1. The second kappa shape index (κ2) is 10.5. The molecule has 1 aliphatic heterocycles. The van der Waals surface area contributed by atoms with Crippen LogP contribution in [0, 0.1) is 5.82 Å². The van der Waals surface area contributed by atoms with Crippen LogP contribution in [0.15, 0.2) is 48.5 Å². The zero-order valence-electron chi connectivity index (χ0n) is 15.3. The van der Waals surface area contributed by atoms with Gasteiger partial charge in [0.1, 0.15) is 18.2 Å². The minimum absolute atomic E-state index is 0. The van der Waals surface area contributed by atoms with Crippen molar-refractivity contribution in [1.29, 1.82) is 0 Å². The van der Waals surface area contributed by atoms with E-state index in [1.807, 2.05) is 18.2 Å². The molecule has 1 atom stereocenters. The molecule has 0 aromatic heterocycles. The van der Waals surface area contributed by atoms with Crippen LogP contribution in [0.25, 0.3) is 0 Å². The lowest BCUT2D eigenvalue weighted by atomic mass is 10.1. The van der Waals surface area contributed by atoms with Crippen LogP contribution < -0.4 is 10.1 Å². The molecule has 0 aliphatic carbocycles. The lowest BCUT2D eigenvalue weighted by molar-refractivity contribution is 0.259. The van der Waals surface area contributed by atoms with Crippen LogP contribution in [0.2, 0.25) is 0 Å².